The lowest BCUT2D eigenvalue weighted by molar-refractivity contribution is -0.111. The normalized spacial score (nSPS) is 10.7. The van der Waals surface area contributed by atoms with Crippen LogP contribution in [0.15, 0.2) is 30.3 Å². The van der Waals surface area contributed by atoms with Crippen LogP contribution in [0.25, 0.3) is 6.08 Å². The van der Waals surface area contributed by atoms with Crippen LogP contribution >= 0.6 is 11.3 Å². The number of thiophene rings is 1. The number of hydrogen-bond acceptors (Lipinski definition) is 6. The topological polar surface area (TPSA) is 108 Å². The highest BCUT2D eigenvalue weighted by Gasteiger charge is 2.25. The largest absolute Gasteiger partial charge is 0.494 e. The van der Waals surface area contributed by atoms with Gasteiger partial charge in [-0.1, -0.05) is 12.1 Å². The molecule has 0 aliphatic carbocycles. The minimum Gasteiger partial charge on any atom is -0.494 e. The zero-order valence-electron chi connectivity index (χ0n) is 15.9. The van der Waals surface area contributed by atoms with E-state index in [4.69, 9.17) is 15.2 Å². The van der Waals surface area contributed by atoms with Gasteiger partial charge in [-0.05, 0) is 50.1 Å². The summed E-state index contributed by atoms with van der Waals surface area (Å²) in [6, 6.07) is 7.25. The van der Waals surface area contributed by atoms with Crippen molar-refractivity contribution in [2.45, 2.75) is 20.8 Å². The molecule has 148 valence electrons. The maximum absolute atomic E-state index is 12.3. The molecule has 1 aromatic heterocycles. The van der Waals surface area contributed by atoms with Crippen molar-refractivity contribution in [2.75, 3.05) is 18.5 Å². The number of carbonyl (C=O) groups excluding carboxylic acids is 3. The summed E-state index contributed by atoms with van der Waals surface area (Å²) in [6.45, 7) is 5.91. The molecule has 3 N–H and O–H groups in total. The van der Waals surface area contributed by atoms with Gasteiger partial charge in [0.2, 0.25) is 5.91 Å². The molecule has 2 amide bonds. The molecule has 0 saturated heterocycles. The predicted octanol–water partition coefficient (Wildman–Crippen LogP) is 3.38. The fraction of sp³-hybridized carbons (Fsp3) is 0.250. The number of benzene rings is 1. The molecular formula is C20H22N2O5S. The fourth-order valence-electron chi connectivity index (χ4n) is 2.45. The summed E-state index contributed by atoms with van der Waals surface area (Å²) in [4.78, 5) is 36.3. The smallest absolute Gasteiger partial charge is 0.341 e. The number of esters is 1. The minimum atomic E-state index is -0.668. The second-order valence-electron chi connectivity index (χ2n) is 5.67. The Morgan fingerprint density at radius 2 is 1.82 bits per heavy atom. The van der Waals surface area contributed by atoms with E-state index in [9.17, 15) is 14.4 Å². The van der Waals surface area contributed by atoms with Crippen LogP contribution in [0.1, 0.15) is 45.0 Å². The first-order valence-corrected chi connectivity index (χ1v) is 9.51. The summed E-state index contributed by atoms with van der Waals surface area (Å²) in [6.07, 6.45) is 2.97. The van der Waals surface area contributed by atoms with E-state index in [0.29, 0.717) is 12.2 Å². The molecule has 0 atom stereocenters. The predicted molar refractivity (Wildman–Crippen MR) is 109 cm³/mol. The summed E-state index contributed by atoms with van der Waals surface area (Å²) in [5, 5.41) is 2.86. The SMILES string of the molecule is CCOC(=O)c1c(NC(=O)/C=C/c2ccc(OCC)cc2)sc(C(N)=O)c1C. The minimum absolute atomic E-state index is 0.142. The van der Waals surface area contributed by atoms with Gasteiger partial charge in [0.15, 0.2) is 0 Å². The van der Waals surface area contributed by atoms with Crippen molar-refractivity contribution < 1.29 is 23.9 Å². The van der Waals surface area contributed by atoms with Gasteiger partial charge in [-0.15, -0.1) is 11.3 Å². The molecule has 0 bridgehead atoms. The van der Waals surface area contributed by atoms with Gasteiger partial charge >= 0.3 is 5.97 Å². The van der Waals surface area contributed by atoms with Crippen molar-refractivity contribution in [1.29, 1.82) is 0 Å². The molecular weight excluding hydrogens is 380 g/mol. The number of amides is 2. The maximum atomic E-state index is 12.3. The van der Waals surface area contributed by atoms with Crippen LogP contribution in [-0.2, 0) is 9.53 Å². The summed E-state index contributed by atoms with van der Waals surface area (Å²) in [7, 11) is 0. The quantitative estimate of drug-likeness (QED) is 0.520. The zero-order valence-corrected chi connectivity index (χ0v) is 16.7. The van der Waals surface area contributed by atoms with E-state index in [1.807, 2.05) is 31.2 Å². The van der Waals surface area contributed by atoms with Crippen molar-refractivity contribution in [3.8, 4) is 5.75 Å². The van der Waals surface area contributed by atoms with E-state index >= 15 is 0 Å². The summed E-state index contributed by atoms with van der Waals surface area (Å²) >= 11 is 0.948. The van der Waals surface area contributed by atoms with Crippen LogP contribution in [0.3, 0.4) is 0 Å². The number of rotatable bonds is 8. The van der Waals surface area contributed by atoms with Gasteiger partial charge in [-0.3, -0.25) is 9.59 Å². The van der Waals surface area contributed by atoms with Crippen LogP contribution < -0.4 is 15.8 Å². The first-order chi connectivity index (χ1) is 13.4. The van der Waals surface area contributed by atoms with Crippen LogP contribution in [0.2, 0.25) is 0 Å². The van der Waals surface area contributed by atoms with E-state index in [0.717, 1.165) is 22.6 Å². The zero-order chi connectivity index (χ0) is 20.7. The monoisotopic (exact) mass is 402 g/mol. The first-order valence-electron chi connectivity index (χ1n) is 8.69. The molecule has 0 aliphatic rings. The Bertz CT molecular complexity index is 900. The summed E-state index contributed by atoms with van der Waals surface area (Å²) in [5.74, 6) is -0.985. The van der Waals surface area contributed by atoms with Crippen LogP contribution in [0.5, 0.6) is 5.75 Å². The van der Waals surface area contributed by atoms with Gasteiger partial charge in [0.25, 0.3) is 5.91 Å². The lowest BCUT2D eigenvalue weighted by atomic mass is 10.1. The van der Waals surface area contributed by atoms with Crippen LogP contribution in [0, 0.1) is 6.92 Å². The van der Waals surface area contributed by atoms with E-state index in [-0.39, 0.29) is 22.0 Å². The molecule has 28 heavy (non-hydrogen) atoms. The molecule has 1 heterocycles. The Morgan fingerprint density at radius 3 is 2.39 bits per heavy atom. The Hall–Kier alpha value is -3.13. The lowest BCUT2D eigenvalue weighted by Crippen LogP contribution is -2.13. The van der Waals surface area contributed by atoms with Gasteiger partial charge < -0.3 is 20.5 Å². The third-order valence-electron chi connectivity index (χ3n) is 3.71. The first kappa shape index (κ1) is 21.2. The van der Waals surface area contributed by atoms with Gasteiger partial charge in [0.05, 0.1) is 23.7 Å². The third-order valence-corrected chi connectivity index (χ3v) is 4.93. The number of ether oxygens (including phenoxy) is 2. The average molecular weight is 402 g/mol. The summed E-state index contributed by atoms with van der Waals surface area (Å²) < 4.78 is 10.4. The molecule has 0 aliphatic heterocycles. The Labute approximate surface area is 167 Å². The molecule has 0 unspecified atom stereocenters. The molecule has 2 rings (SSSR count). The van der Waals surface area contributed by atoms with Crippen LogP contribution in [-0.4, -0.2) is 31.0 Å². The Kier molecular flexibility index (Phi) is 7.34. The van der Waals surface area contributed by atoms with Crippen molar-refractivity contribution in [3.05, 3.63) is 51.9 Å². The highest BCUT2D eigenvalue weighted by atomic mass is 32.1. The van der Waals surface area contributed by atoms with Crippen molar-refractivity contribution >= 4 is 40.2 Å². The molecule has 1 aromatic carbocycles. The van der Waals surface area contributed by atoms with Crippen molar-refractivity contribution in [2.24, 2.45) is 5.73 Å². The lowest BCUT2D eigenvalue weighted by Gasteiger charge is -2.05. The van der Waals surface area contributed by atoms with E-state index < -0.39 is 17.8 Å². The molecule has 8 heteroatoms. The number of anilines is 1. The Balaban J connectivity index is 2.19. The number of primary amides is 1. The van der Waals surface area contributed by atoms with Gasteiger partial charge in [0.1, 0.15) is 10.8 Å². The summed E-state index contributed by atoms with van der Waals surface area (Å²) in [5.41, 5.74) is 6.69. The Morgan fingerprint density at radius 1 is 1.14 bits per heavy atom. The van der Waals surface area contributed by atoms with Gasteiger partial charge in [-0.25, -0.2) is 4.79 Å². The number of nitrogens with two attached hydrogens (primary N) is 1. The molecule has 0 saturated carbocycles. The van der Waals surface area contributed by atoms with E-state index in [1.54, 1.807) is 19.9 Å². The van der Waals surface area contributed by atoms with E-state index in [2.05, 4.69) is 5.32 Å². The molecule has 7 nitrogen and oxygen atoms in total. The number of hydrogen-bond donors (Lipinski definition) is 2. The van der Waals surface area contributed by atoms with E-state index in [1.165, 1.54) is 6.08 Å². The second-order valence-corrected chi connectivity index (χ2v) is 6.69. The molecule has 2 aromatic rings. The second kappa shape index (κ2) is 9.70. The average Bonchev–Trinajstić information content (AvgIpc) is 2.98. The highest BCUT2D eigenvalue weighted by molar-refractivity contribution is 7.18. The molecule has 0 fully saturated rings. The van der Waals surface area contributed by atoms with Crippen LogP contribution in [0.4, 0.5) is 5.00 Å². The molecule has 0 spiro atoms. The standard InChI is InChI=1S/C20H22N2O5S/c1-4-26-14-9-6-13(7-10-14)8-11-15(23)22-19-16(20(25)27-5-2)12(3)17(28-19)18(21)24/h6-11H,4-5H2,1-3H3,(H2,21,24)(H,22,23)/b11-8+. The third kappa shape index (κ3) is 5.20. The molecule has 0 radical (unpaired) electrons. The number of nitrogens with one attached hydrogen (secondary N) is 1. The fourth-order valence-corrected chi connectivity index (χ4v) is 3.50. The van der Waals surface area contributed by atoms with Gasteiger partial charge in [-0.2, -0.15) is 0 Å². The maximum Gasteiger partial charge on any atom is 0.341 e. The highest BCUT2D eigenvalue weighted by Crippen LogP contribution is 2.33. The van der Waals surface area contributed by atoms with Crippen molar-refractivity contribution in [1.82, 2.24) is 0 Å². The van der Waals surface area contributed by atoms with Crippen molar-refractivity contribution in [3.63, 3.8) is 0 Å². The van der Waals surface area contributed by atoms with Gasteiger partial charge in [0, 0.05) is 6.08 Å². The number of carbonyl (C=O) groups is 3.